The van der Waals surface area contributed by atoms with Crippen molar-refractivity contribution in [3.8, 4) is 0 Å². The summed E-state index contributed by atoms with van der Waals surface area (Å²) in [5, 5.41) is 0. The molecule has 0 aromatic carbocycles. The second-order valence-electron chi connectivity index (χ2n) is 4.79. The first-order chi connectivity index (χ1) is 9.65. The average Bonchev–Trinajstić information content (AvgIpc) is 2.37. The molecule has 0 radical (unpaired) electrons. The number of rotatable bonds is 3. The Kier molecular flexibility index (Phi) is 4.34. The van der Waals surface area contributed by atoms with E-state index in [0.29, 0.717) is 0 Å². The summed E-state index contributed by atoms with van der Waals surface area (Å²) in [5.41, 5.74) is 5.53. The number of sulfone groups is 1. The quantitative estimate of drug-likeness (QED) is 0.734. The number of nitrogens with zero attached hydrogens (tertiary/aromatic N) is 2. The van der Waals surface area contributed by atoms with Crippen molar-refractivity contribution >= 4 is 37.1 Å². The lowest BCUT2D eigenvalue weighted by atomic mass is 10.3. The molecule has 0 saturated carbocycles. The number of nitrogens with two attached hydrogens (primary N) is 1. The van der Waals surface area contributed by atoms with Gasteiger partial charge >= 0.3 is 0 Å². The van der Waals surface area contributed by atoms with E-state index >= 15 is 0 Å². The van der Waals surface area contributed by atoms with Gasteiger partial charge in [0.1, 0.15) is 15.6 Å². The molecule has 1 aliphatic rings. The SMILES string of the molecule is CC1CS(=O)(=O)CCN1S(=O)(=O)c1cccnc1C(N)=S. The van der Waals surface area contributed by atoms with Crippen molar-refractivity contribution in [2.45, 2.75) is 17.9 Å². The average molecular weight is 349 g/mol. The van der Waals surface area contributed by atoms with Crippen LogP contribution in [-0.4, -0.2) is 55.2 Å². The highest BCUT2D eigenvalue weighted by Crippen LogP contribution is 2.24. The fourth-order valence-corrected chi connectivity index (χ4v) is 6.03. The molecule has 1 atom stereocenters. The van der Waals surface area contributed by atoms with E-state index in [2.05, 4.69) is 4.98 Å². The number of hydrogen-bond donors (Lipinski definition) is 1. The summed E-state index contributed by atoms with van der Waals surface area (Å²) >= 11 is 4.82. The molecule has 0 bridgehead atoms. The molecular weight excluding hydrogens is 334 g/mol. The first-order valence-corrected chi connectivity index (χ1v) is 9.79. The fraction of sp³-hybridized carbons (Fsp3) is 0.455. The van der Waals surface area contributed by atoms with Crippen LogP contribution in [-0.2, 0) is 19.9 Å². The van der Waals surface area contributed by atoms with Gasteiger partial charge in [-0.05, 0) is 19.1 Å². The molecule has 2 N–H and O–H groups in total. The summed E-state index contributed by atoms with van der Waals surface area (Å²) in [4.78, 5) is 3.69. The van der Waals surface area contributed by atoms with E-state index < -0.39 is 25.9 Å². The van der Waals surface area contributed by atoms with Gasteiger partial charge < -0.3 is 5.73 Å². The highest BCUT2D eigenvalue weighted by atomic mass is 32.2. The second kappa shape index (κ2) is 5.59. The molecule has 116 valence electrons. The van der Waals surface area contributed by atoms with Gasteiger partial charge in [-0.1, -0.05) is 12.2 Å². The van der Waals surface area contributed by atoms with E-state index in [1.807, 2.05) is 0 Å². The van der Waals surface area contributed by atoms with Crippen LogP contribution < -0.4 is 5.73 Å². The largest absolute Gasteiger partial charge is 0.388 e. The van der Waals surface area contributed by atoms with Crippen molar-refractivity contribution in [2.24, 2.45) is 5.73 Å². The molecule has 1 fully saturated rings. The zero-order valence-electron chi connectivity index (χ0n) is 11.3. The minimum atomic E-state index is -3.90. The van der Waals surface area contributed by atoms with Crippen LogP contribution in [0.2, 0.25) is 0 Å². The van der Waals surface area contributed by atoms with Crippen LogP contribution in [0, 0.1) is 0 Å². The van der Waals surface area contributed by atoms with Crippen LogP contribution in [0.5, 0.6) is 0 Å². The molecule has 10 heteroatoms. The highest BCUT2D eigenvalue weighted by Gasteiger charge is 2.37. The lowest BCUT2D eigenvalue weighted by Crippen LogP contribution is -2.49. The molecule has 0 spiro atoms. The molecule has 0 aliphatic carbocycles. The molecule has 1 saturated heterocycles. The third-order valence-electron chi connectivity index (χ3n) is 3.20. The number of aromatic nitrogens is 1. The van der Waals surface area contributed by atoms with Gasteiger partial charge in [0.15, 0.2) is 9.84 Å². The Morgan fingerprint density at radius 3 is 2.76 bits per heavy atom. The minimum Gasteiger partial charge on any atom is -0.388 e. The predicted molar refractivity (Wildman–Crippen MR) is 82.1 cm³/mol. The summed E-state index contributed by atoms with van der Waals surface area (Å²) in [6.07, 6.45) is 1.40. The molecule has 1 unspecified atom stereocenters. The zero-order valence-corrected chi connectivity index (χ0v) is 13.7. The van der Waals surface area contributed by atoms with Crippen LogP contribution in [0.3, 0.4) is 0 Å². The number of thiocarbonyl (C=S) groups is 1. The van der Waals surface area contributed by atoms with Crippen molar-refractivity contribution < 1.29 is 16.8 Å². The van der Waals surface area contributed by atoms with Crippen molar-refractivity contribution in [2.75, 3.05) is 18.1 Å². The Balaban J connectivity index is 2.47. The summed E-state index contributed by atoms with van der Waals surface area (Å²) in [6, 6.07) is 2.19. The molecule has 7 nitrogen and oxygen atoms in total. The van der Waals surface area contributed by atoms with Crippen LogP contribution in [0.25, 0.3) is 0 Å². The van der Waals surface area contributed by atoms with Crippen LogP contribution in [0.1, 0.15) is 12.6 Å². The smallest absolute Gasteiger partial charge is 0.245 e. The second-order valence-corrected chi connectivity index (χ2v) is 9.32. The van der Waals surface area contributed by atoms with Gasteiger partial charge in [-0.15, -0.1) is 0 Å². The van der Waals surface area contributed by atoms with Crippen molar-refractivity contribution in [3.63, 3.8) is 0 Å². The predicted octanol–water partition coefficient (Wildman–Crippen LogP) is -0.477. The monoisotopic (exact) mass is 349 g/mol. The molecule has 21 heavy (non-hydrogen) atoms. The lowest BCUT2D eigenvalue weighted by molar-refractivity contribution is 0.356. The minimum absolute atomic E-state index is 0.0214. The molecule has 2 heterocycles. The van der Waals surface area contributed by atoms with Gasteiger partial charge in [-0.3, -0.25) is 4.98 Å². The molecule has 1 aromatic heterocycles. The summed E-state index contributed by atoms with van der Waals surface area (Å²) < 4.78 is 49.7. The molecule has 2 rings (SSSR count). The van der Waals surface area contributed by atoms with E-state index in [9.17, 15) is 16.8 Å². The molecular formula is C11H15N3O4S3. The maximum Gasteiger partial charge on any atom is 0.245 e. The van der Waals surface area contributed by atoms with Gasteiger partial charge in [0.05, 0.1) is 11.5 Å². The number of sulfonamides is 1. The summed E-state index contributed by atoms with van der Waals surface area (Å²) in [6.45, 7) is 1.47. The Bertz CT molecular complexity index is 774. The lowest BCUT2D eigenvalue weighted by Gasteiger charge is -2.32. The van der Waals surface area contributed by atoms with E-state index in [4.69, 9.17) is 18.0 Å². The summed E-state index contributed by atoms with van der Waals surface area (Å²) in [5.74, 6) is -0.395. The first-order valence-electron chi connectivity index (χ1n) is 6.12. The summed E-state index contributed by atoms with van der Waals surface area (Å²) in [7, 11) is -7.10. The first kappa shape index (κ1) is 16.3. The number of hydrogen-bond acceptors (Lipinski definition) is 6. The zero-order chi connectivity index (χ0) is 15.8. The Labute approximate surface area is 129 Å². The normalized spacial score (nSPS) is 22.8. The van der Waals surface area contributed by atoms with Gasteiger partial charge in [0.2, 0.25) is 10.0 Å². The fourth-order valence-electron chi connectivity index (χ4n) is 2.25. The van der Waals surface area contributed by atoms with E-state index in [1.54, 1.807) is 6.92 Å². The third kappa shape index (κ3) is 3.23. The molecule has 1 aromatic rings. The van der Waals surface area contributed by atoms with Crippen molar-refractivity contribution in [3.05, 3.63) is 24.0 Å². The van der Waals surface area contributed by atoms with Crippen LogP contribution in [0.4, 0.5) is 0 Å². The maximum atomic E-state index is 12.7. The Morgan fingerprint density at radius 2 is 2.19 bits per heavy atom. The Hall–Kier alpha value is -1.10. The van der Waals surface area contributed by atoms with Crippen molar-refractivity contribution in [1.82, 2.24) is 9.29 Å². The Morgan fingerprint density at radius 1 is 1.52 bits per heavy atom. The molecule has 1 aliphatic heterocycles. The topological polar surface area (TPSA) is 110 Å². The highest BCUT2D eigenvalue weighted by molar-refractivity contribution is 7.92. The third-order valence-corrected chi connectivity index (χ3v) is 7.23. The van der Waals surface area contributed by atoms with E-state index in [1.165, 1.54) is 18.3 Å². The maximum absolute atomic E-state index is 12.7. The number of pyridine rings is 1. The van der Waals surface area contributed by atoms with E-state index in [0.717, 1.165) is 4.31 Å². The standard InChI is InChI=1S/C11H15N3O4S3/c1-8-7-20(15,16)6-5-14(8)21(17,18)9-3-2-4-13-10(9)11(12)19/h2-4,8H,5-7H2,1H3,(H2,12,19). The molecule has 0 amide bonds. The van der Waals surface area contributed by atoms with Crippen molar-refractivity contribution in [1.29, 1.82) is 0 Å². The van der Waals surface area contributed by atoms with Gasteiger partial charge in [-0.25, -0.2) is 16.8 Å². The van der Waals surface area contributed by atoms with Crippen LogP contribution >= 0.6 is 12.2 Å². The van der Waals surface area contributed by atoms with Gasteiger partial charge in [0, 0.05) is 18.8 Å². The van der Waals surface area contributed by atoms with Gasteiger partial charge in [0.25, 0.3) is 0 Å². The van der Waals surface area contributed by atoms with E-state index in [-0.39, 0.29) is 33.6 Å². The van der Waals surface area contributed by atoms with Gasteiger partial charge in [-0.2, -0.15) is 4.31 Å². The van der Waals surface area contributed by atoms with Crippen LogP contribution in [0.15, 0.2) is 23.2 Å².